The van der Waals surface area contributed by atoms with Crippen LogP contribution in [0.15, 0.2) is 140 Å². The number of fused-ring (bicyclic) bond motifs is 8. The monoisotopic (exact) mass is 604 g/mol. The summed E-state index contributed by atoms with van der Waals surface area (Å²) in [6.07, 6.45) is 2.90. The Hall–Kier alpha value is -5.34. The topological polar surface area (TPSA) is 25.8 Å². The lowest BCUT2D eigenvalue weighted by Gasteiger charge is -2.24. The molecule has 0 fully saturated rings. The van der Waals surface area contributed by atoms with Crippen LogP contribution in [-0.2, 0) is 18.3 Å². The molecule has 1 heterocycles. The third-order valence-electron chi connectivity index (χ3n) is 10.6. The molecular weight excluding hydrogens is 569 g/mol. The minimum absolute atomic E-state index is 0.0376. The maximum atomic E-state index is 5.34. The van der Waals surface area contributed by atoms with Gasteiger partial charge in [0, 0.05) is 22.8 Å². The van der Waals surface area contributed by atoms with Gasteiger partial charge in [0.05, 0.1) is 11.2 Å². The van der Waals surface area contributed by atoms with E-state index in [1.807, 2.05) is 0 Å². The summed E-state index contributed by atoms with van der Waals surface area (Å²) in [5.74, 6) is 1.21. The molecule has 2 nitrogen and oxygen atoms in total. The number of aromatic nitrogens is 2. The van der Waals surface area contributed by atoms with Crippen molar-refractivity contribution in [2.24, 2.45) is 0 Å². The molecule has 0 bridgehead atoms. The van der Waals surface area contributed by atoms with Crippen LogP contribution in [0.1, 0.15) is 54.3 Å². The van der Waals surface area contributed by atoms with Crippen molar-refractivity contribution < 1.29 is 0 Å². The van der Waals surface area contributed by atoms with Gasteiger partial charge in [-0.15, -0.1) is 0 Å². The molecule has 0 saturated carbocycles. The standard InChI is InChI=1S/C45H36N2/c1-45(2)38-18-10-8-16-36(38)43-39(45)27-26-35-33(25-22-31-14-6-7-15-34(31)42(35)43)28-41-46-40-19-11-9-17-37(40)44(47-41)32-23-20-30(21-24-32)29-12-4-3-5-13-29/h3-21,23-24,26-27,33H,22,25,28H2,1-2H3. The summed E-state index contributed by atoms with van der Waals surface area (Å²) in [6, 6.07) is 50.8. The maximum Gasteiger partial charge on any atom is 0.130 e. The first-order valence-electron chi connectivity index (χ1n) is 16.8. The average Bonchev–Trinajstić information content (AvgIpc) is 3.24. The third kappa shape index (κ3) is 4.54. The highest BCUT2D eigenvalue weighted by Gasteiger charge is 2.39. The van der Waals surface area contributed by atoms with Crippen LogP contribution in [-0.4, -0.2) is 9.97 Å². The fourth-order valence-electron chi connectivity index (χ4n) is 8.23. The molecule has 0 spiro atoms. The van der Waals surface area contributed by atoms with E-state index in [1.54, 1.807) is 0 Å². The maximum absolute atomic E-state index is 5.34. The highest BCUT2D eigenvalue weighted by molar-refractivity contribution is 5.96. The Morgan fingerprint density at radius 2 is 1.26 bits per heavy atom. The Morgan fingerprint density at radius 1 is 0.574 bits per heavy atom. The first-order valence-corrected chi connectivity index (χ1v) is 16.8. The number of nitrogens with zero attached hydrogens (tertiary/aromatic N) is 2. The molecule has 0 saturated heterocycles. The van der Waals surface area contributed by atoms with Gasteiger partial charge in [0.25, 0.3) is 0 Å². The van der Waals surface area contributed by atoms with Crippen LogP contribution in [0.25, 0.3) is 55.5 Å². The first-order chi connectivity index (χ1) is 23.1. The molecular formula is C45H36N2. The quantitative estimate of drug-likeness (QED) is 0.200. The van der Waals surface area contributed by atoms with Crippen molar-refractivity contribution in [2.75, 3.05) is 0 Å². The fourth-order valence-corrected chi connectivity index (χ4v) is 8.23. The lowest BCUT2D eigenvalue weighted by molar-refractivity contribution is 0.610. The van der Waals surface area contributed by atoms with Gasteiger partial charge in [0.1, 0.15) is 5.82 Å². The van der Waals surface area contributed by atoms with Crippen molar-refractivity contribution in [1.82, 2.24) is 9.97 Å². The van der Waals surface area contributed by atoms with Crippen LogP contribution in [0.2, 0.25) is 0 Å². The van der Waals surface area contributed by atoms with E-state index in [-0.39, 0.29) is 5.41 Å². The van der Waals surface area contributed by atoms with Crippen molar-refractivity contribution in [2.45, 2.75) is 44.4 Å². The van der Waals surface area contributed by atoms with Crippen molar-refractivity contribution in [1.29, 1.82) is 0 Å². The number of benzene rings is 6. The van der Waals surface area contributed by atoms with E-state index in [4.69, 9.17) is 9.97 Å². The molecule has 2 aliphatic carbocycles. The molecule has 2 aliphatic rings. The molecule has 1 unspecified atom stereocenters. The summed E-state index contributed by atoms with van der Waals surface area (Å²) < 4.78 is 0. The average molecular weight is 605 g/mol. The summed E-state index contributed by atoms with van der Waals surface area (Å²) in [5, 5.41) is 1.09. The van der Waals surface area contributed by atoms with E-state index in [9.17, 15) is 0 Å². The lowest BCUT2D eigenvalue weighted by atomic mass is 9.79. The van der Waals surface area contributed by atoms with Gasteiger partial charge in [-0.25, -0.2) is 9.97 Å². The number of hydrogen-bond donors (Lipinski definition) is 0. The first kappa shape index (κ1) is 27.9. The Labute approximate surface area is 276 Å². The summed E-state index contributed by atoms with van der Waals surface area (Å²) in [5.41, 5.74) is 16.8. The molecule has 6 aromatic carbocycles. The molecule has 0 amide bonds. The zero-order valence-corrected chi connectivity index (χ0v) is 26.9. The van der Waals surface area contributed by atoms with E-state index in [2.05, 4.69) is 153 Å². The molecule has 0 N–H and O–H groups in total. The zero-order valence-electron chi connectivity index (χ0n) is 26.9. The van der Waals surface area contributed by atoms with E-state index < -0.39 is 0 Å². The van der Waals surface area contributed by atoms with E-state index in [1.165, 1.54) is 55.6 Å². The van der Waals surface area contributed by atoms with E-state index >= 15 is 0 Å². The predicted molar refractivity (Wildman–Crippen MR) is 195 cm³/mol. The highest BCUT2D eigenvalue weighted by atomic mass is 14.9. The van der Waals surface area contributed by atoms with Crippen LogP contribution in [0, 0.1) is 0 Å². The Morgan fingerprint density at radius 3 is 2.11 bits per heavy atom. The summed E-state index contributed by atoms with van der Waals surface area (Å²) in [6.45, 7) is 4.75. The molecule has 0 aliphatic heterocycles. The largest absolute Gasteiger partial charge is 0.233 e. The van der Waals surface area contributed by atoms with Crippen LogP contribution in [0.3, 0.4) is 0 Å². The lowest BCUT2D eigenvalue weighted by Crippen LogP contribution is -2.15. The van der Waals surface area contributed by atoms with Gasteiger partial charge in [0.2, 0.25) is 0 Å². The van der Waals surface area contributed by atoms with Crippen molar-refractivity contribution in [3.8, 4) is 44.6 Å². The molecule has 1 aromatic heterocycles. The minimum Gasteiger partial charge on any atom is -0.233 e. The zero-order chi connectivity index (χ0) is 31.5. The van der Waals surface area contributed by atoms with Crippen LogP contribution < -0.4 is 0 Å². The van der Waals surface area contributed by atoms with Gasteiger partial charge in [0.15, 0.2) is 0 Å². The Bertz CT molecular complexity index is 2300. The van der Waals surface area contributed by atoms with Gasteiger partial charge in [-0.1, -0.05) is 147 Å². The normalized spacial score (nSPS) is 15.7. The van der Waals surface area contributed by atoms with Gasteiger partial charge in [-0.2, -0.15) is 0 Å². The van der Waals surface area contributed by atoms with Gasteiger partial charge in [-0.05, 0) is 80.5 Å². The third-order valence-corrected chi connectivity index (χ3v) is 10.6. The summed E-state index contributed by atoms with van der Waals surface area (Å²) in [7, 11) is 0. The SMILES string of the molecule is CC1(C)c2ccccc2-c2c1ccc1c2-c2ccccc2CCC1Cc1nc(-c2ccc(-c3ccccc3)cc2)c2ccccc2n1. The van der Waals surface area contributed by atoms with Crippen molar-refractivity contribution in [3.63, 3.8) is 0 Å². The van der Waals surface area contributed by atoms with Crippen molar-refractivity contribution >= 4 is 10.9 Å². The molecule has 7 aromatic rings. The molecule has 1 atom stereocenters. The number of para-hydroxylation sites is 1. The van der Waals surface area contributed by atoms with E-state index in [0.29, 0.717) is 5.92 Å². The van der Waals surface area contributed by atoms with Gasteiger partial charge < -0.3 is 0 Å². The molecule has 0 radical (unpaired) electrons. The Balaban J connectivity index is 1.17. The summed E-state index contributed by atoms with van der Waals surface area (Å²) >= 11 is 0. The van der Waals surface area contributed by atoms with Gasteiger partial charge in [-0.3, -0.25) is 0 Å². The number of rotatable bonds is 4. The molecule has 226 valence electrons. The second-order valence-electron chi connectivity index (χ2n) is 13.7. The fraction of sp³-hybridized carbons (Fsp3) is 0.156. The highest BCUT2D eigenvalue weighted by Crippen LogP contribution is 2.55. The van der Waals surface area contributed by atoms with Crippen LogP contribution >= 0.6 is 0 Å². The number of hydrogen-bond acceptors (Lipinski definition) is 2. The number of aryl methyl sites for hydroxylation is 1. The second-order valence-corrected chi connectivity index (χ2v) is 13.7. The second kappa shape index (κ2) is 10.9. The molecule has 2 heteroatoms. The predicted octanol–water partition coefficient (Wildman–Crippen LogP) is 11.2. The smallest absolute Gasteiger partial charge is 0.130 e. The van der Waals surface area contributed by atoms with Crippen LogP contribution in [0.4, 0.5) is 0 Å². The summed E-state index contributed by atoms with van der Waals surface area (Å²) in [4.78, 5) is 10.5. The van der Waals surface area contributed by atoms with Crippen LogP contribution in [0.5, 0.6) is 0 Å². The minimum atomic E-state index is -0.0376. The van der Waals surface area contributed by atoms with E-state index in [0.717, 1.165) is 47.2 Å². The molecule has 47 heavy (non-hydrogen) atoms. The van der Waals surface area contributed by atoms with Gasteiger partial charge >= 0.3 is 0 Å². The Kier molecular flexibility index (Phi) is 6.47. The molecule has 9 rings (SSSR count). The van der Waals surface area contributed by atoms with Crippen molar-refractivity contribution in [3.05, 3.63) is 168 Å².